The van der Waals surface area contributed by atoms with Gasteiger partial charge in [-0.3, -0.25) is 4.79 Å². The Bertz CT molecular complexity index is 508. The highest BCUT2D eigenvalue weighted by Crippen LogP contribution is 2.37. The smallest absolute Gasteiger partial charge is 0.326 e. The number of hydrogen-bond donors (Lipinski definition) is 1. The van der Waals surface area contributed by atoms with Gasteiger partial charge in [0.05, 0.1) is 0 Å². The van der Waals surface area contributed by atoms with Gasteiger partial charge in [-0.2, -0.15) is 0 Å². The van der Waals surface area contributed by atoms with Crippen molar-refractivity contribution in [1.29, 1.82) is 0 Å². The second-order valence-electron chi connectivity index (χ2n) is 4.86. The molecule has 1 heterocycles. The van der Waals surface area contributed by atoms with Crippen molar-refractivity contribution >= 4 is 27.8 Å². The molecule has 0 aliphatic heterocycles. The highest BCUT2D eigenvalue weighted by atomic mass is 79.9. The molecule has 0 bridgehead atoms. The maximum Gasteiger partial charge on any atom is 0.326 e. The van der Waals surface area contributed by atoms with E-state index in [1.165, 1.54) is 4.90 Å². The average Bonchev–Trinajstić information content (AvgIpc) is 3.12. The molecule has 0 aromatic carbocycles. The van der Waals surface area contributed by atoms with Crippen molar-refractivity contribution < 1.29 is 14.7 Å². The fourth-order valence-corrected chi connectivity index (χ4v) is 2.65. The van der Waals surface area contributed by atoms with Crippen LogP contribution in [0.4, 0.5) is 0 Å². The van der Waals surface area contributed by atoms with Crippen LogP contribution < -0.4 is 0 Å². The van der Waals surface area contributed by atoms with Crippen molar-refractivity contribution in [2.24, 2.45) is 0 Å². The number of carboxylic acid groups (broad SMARTS) is 1. The summed E-state index contributed by atoms with van der Waals surface area (Å²) in [7, 11) is 1.54. The van der Waals surface area contributed by atoms with Crippen LogP contribution in [0.25, 0.3) is 0 Å². The van der Waals surface area contributed by atoms with Gasteiger partial charge >= 0.3 is 5.97 Å². The number of carbonyl (C=O) groups excluding carboxylic acids is 1. The molecule has 0 saturated heterocycles. The summed E-state index contributed by atoms with van der Waals surface area (Å²) >= 11 is 3.37. The van der Waals surface area contributed by atoms with Crippen LogP contribution in [0, 0.1) is 0 Å². The Balaban J connectivity index is 2.25. The lowest BCUT2D eigenvalue weighted by molar-refractivity contribution is -0.142. The summed E-state index contributed by atoms with van der Waals surface area (Å²) in [4.78, 5) is 24.9. The van der Waals surface area contributed by atoms with Crippen LogP contribution in [0.15, 0.2) is 16.7 Å². The molecule has 104 valence electrons. The molecule has 1 aromatic heterocycles. The predicted molar refractivity (Wildman–Crippen MR) is 74.2 cm³/mol. The van der Waals surface area contributed by atoms with Crippen molar-refractivity contribution in [3.63, 3.8) is 0 Å². The van der Waals surface area contributed by atoms with Crippen LogP contribution in [-0.2, 0) is 4.79 Å². The maximum atomic E-state index is 12.4. The highest BCUT2D eigenvalue weighted by molar-refractivity contribution is 9.10. The summed E-state index contributed by atoms with van der Waals surface area (Å²) in [6.07, 6.45) is 4.42. The molecule has 1 saturated carbocycles. The summed E-state index contributed by atoms with van der Waals surface area (Å²) < 4.78 is 2.79. The number of aromatic nitrogens is 1. The number of carbonyl (C=O) groups is 2. The number of hydrogen-bond acceptors (Lipinski definition) is 2. The predicted octanol–water partition coefficient (Wildman–Crippen LogP) is 2.52. The molecule has 1 N–H and O–H groups in total. The highest BCUT2D eigenvalue weighted by Gasteiger charge is 2.31. The van der Waals surface area contributed by atoms with Gasteiger partial charge in [0.2, 0.25) is 0 Å². The number of rotatable bonds is 5. The molecule has 0 radical (unpaired) electrons. The van der Waals surface area contributed by atoms with Crippen molar-refractivity contribution in [3.8, 4) is 0 Å². The summed E-state index contributed by atoms with van der Waals surface area (Å²) in [5.74, 6) is -1.21. The molecule has 1 amide bonds. The first-order valence-electron chi connectivity index (χ1n) is 6.33. The lowest BCUT2D eigenvalue weighted by atomic mass is 10.2. The average molecular weight is 329 g/mol. The molecule has 6 heteroatoms. The summed E-state index contributed by atoms with van der Waals surface area (Å²) in [5.41, 5.74) is 0.552. The zero-order chi connectivity index (χ0) is 14.2. The van der Waals surface area contributed by atoms with E-state index in [-0.39, 0.29) is 5.91 Å². The molecule has 2 rings (SSSR count). The van der Waals surface area contributed by atoms with Crippen molar-refractivity contribution in [1.82, 2.24) is 9.47 Å². The van der Waals surface area contributed by atoms with Crippen LogP contribution in [0.5, 0.6) is 0 Å². The van der Waals surface area contributed by atoms with Gasteiger partial charge in [0, 0.05) is 23.8 Å². The number of aliphatic carboxylic acids is 1. The van der Waals surface area contributed by atoms with Crippen LogP contribution in [0.3, 0.4) is 0 Å². The zero-order valence-electron chi connectivity index (χ0n) is 11.0. The van der Waals surface area contributed by atoms with E-state index in [4.69, 9.17) is 5.11 Å². The number of likely N-dealkylation sites (N-methyl/N-ethyl adjacent to an activating group) is 1. The Kier molecular flexibility index (Phi) is 3.99. The normalized spacial score (nSPS) is 16.2. The summed E-state index contributed by atoms with van der Waals surface area (Å²) in [5, 5.41) is 9.13. The molecule has 1 aromatic rings. The topological polar surface area (TPSA) is 62.5 Å². The Morgan fingerprint density at radius 2 is 2.21 bits per heavy atom. The minimum absolute atomic E-state index is 0.244. The van der Waals surface area contributed by atoms with Gasteiger partial charge in [0.15, 0.2) is 0 Å². The summed E-state index contributed by atoms with van der Waals surface area (Å²) in [6, 6.07) is 1.35. The van der Waals surface area contributed by atoms with Crippen molar-refractivity contribution in [2.75, 3.05) is 7.05 Å². The lowest BCUT2D eigenvalue weighted by Crippen LogP contribution is -2.42. The fourth-order valence-electron chi connectivity index (χ4n) is 2.21. The third-order valence-electron chi connectivity index (χ3n) is 3.43. The molecule has 1 aliphatic carbocycles. The maximum absolute atomic E-state index is 12.4. The fraction of sp³-hybridized carbons (Fsp3) is 0.538. The molecule has 5 nitrogen and oxygen atoms in total. The van der Waals surface area contributed by atoms with E-state index in [0.29, 0.717) is 18.2 Å². The Hall–Kier alpha value is -1.30. The van der Waals surface area contributed by atoms with Gasteiger partial charge < -0.3 is 14.6 Å². The Morgan fingerprint density at radius 3 is 2.68 bits per heavy atom. The first kappa shape index (κ1) is 14.1. The van der Waals surface area contributed by atoms with Gasteiger partial charge in [-0.25, -0.2) is 4.79 Å². The van der Waals surface area contributed by atoms with Gasteiger partial charge in [0.25, 0.3) is 5.91 Å². The van der Waals surface area contributed by atoms with Gasteiger partial charge in [-0.05, 0) is 41.3 Å². The van der Waals surface area contributed by atoms with E-state index in [1.807, 2.05) is 10.8 Å². The van der Waals surface area contributed by atoms with Crippen LogP contribution in [-0.4, -0.2) is 39.5 Å². The van der Waals surface area contributed by atoms with E-state index in [0.717, 1.165) is 17.3 Å². The van der Waals surface area contributed by atoms with Crippen molar-refractivity contribution in [2.45, 2.75) is 38.3 Å². The third-order valence-corrected chi connectivity index (χ3v) is 3.87. The van der Waals surface area contributed by atoms with Gasteiger partial charge in [-0.15, -0.1) is 0 Å². The lowest BCUT2D eigenvalue weighted by Gasteiger charge is -2.24. The van der Waals surface area contributed by atoms with E-state index >= 15 is 0 Å². The zero-order valence-corrected chi connectivity index (χ0v) is 12.6. The number of amides is 1. The molecule has 1 fully saturated rings. The van der Waals surface area contributed by atoms with Crippen LogP contribution >= 0.6 is 15.9 Å². The molecular weight excluding hydrogens is 312 g/mol. The number of halogens is 1. The first-order valence-corrected chi connectivity index (χ1v) is 7.12. The monoisotopic (exact) mass is 328 g/mol. The molecule has 1 unspecified atom stereocenters. The Morgan fingerprint density at radius 1 is 1.58 bits per heavy atom. The summed E-state index contributed by atoms with van der Waals surface area (Å²) in [6.45, 7) is 1.76. The second-order valence-corrected chi connectivity index (χ2v) is 5.78. The minimum Gasteiger partial charge on any atom is -0.480 e. The molecule has 19 heavy (non-hydrogen) atoms. The van der Waals surface area contributed by atoms with Crippen molar-refractivity contribution in [3.05, 3.63) is 22.4 Å². The first-order chi connectivity index (χ1) is 8.95. The second kappa shape index (κ2) is 5.36. The third kappa shape index (κ3) is 2.83. The number of nitrogens with zero attached hydrogens (tertiary/aromatic N) is 2. The van der Waals surface area contributed by atoms with Gasteiger partial charge in [0.1, 0.15) is 11.7 Å². The standard InChI is InChI=1S/C13H17BrN2O3/c1-3-10(13(18)19)15(2)12(17)11-6-8(14)7-16(11)9-4-5-9/h6-7,9-10H,3-5H2,1-2H3,(H,18,19). The van der Waals surface area contributed by atoms with Crippen LogP contribution in [0.1, 0.15) is 42.7 Å². The molecule has 0 spiro atoms. The van der Waals surface area contributed by atoms with E-state index in [1.54, 1.807) is 20.0 Å². The number of carboxylic acids is 1. The van der Waals surface area contributed by atoms with E-state index in [2.05, 4.69) is 15.9 Å². The van der Waals surface area contributed by atoms with E-state index in [9.17, 15) is 9.59 Å². The quantitative estimate of drug-likeness (QED) is 0.903. The van der Waals surface area contributed by atoms with E-state index < -0.39 is 12.0 Å². The van der Waals surface area contributed by atoms with Gasteiger partial charge in [-0.1, -0.05) is 6.92 Å². The molecule has 1 atom stereocenters. The molecular formula is C13H17BrN2O3. The minimum atomic E-state index is -0.970. The SMILES string of the molecule is CCC(C(=O)O)N(C)C(=O)c1cc(Br)cn1C1CC1. The molecule has 1 aliphatic rings. The van der Waals surface area contributed by atoms with Crippen LogP contribution in [0.2, 0.25) is 0 Å². The largest absolute Gasteiger partial charge is 0.480 e. The Labute approximate surface area is 120 Å².